The molecule has 0 heterocycles. The van der Waals surface area contributed by atoms with Gasteiger partial charge in [0.1, 0.15) is 0 Å². The van der Waals surface area contributed by atoms with Crippen LogP contribution in [0.4, 0.5) is 0 Å². The number of hydrogen-bond donors (Lipinski definition) is 0. The largest absolute Gasteiger partial charge is 0.0845 e. The summed E-state index contributed by atoms with van der Waals surface area (Å²) in [5.41, 5.74) is 1.46. The molecule has 0 atom stereocenters. The summed E-state index contributed by atoms with van der Waals surface area (Å²) < 4.78 is 0. The van der Waals surface area contributed by atoms with Crippen LogP contribution in [-0.4, -0.2) is 0 Å². The molecule has 0 radical (unpaired) electrons. The lowest BCUT2D eigenvalue weighted by Gasteiger charge is -2.05. The first kappa shape index (κ1) is 11.0. The Morgan fingerprint density at radius 2 is 2.00 bits per heavy atom. The summed E-state index contributed by atoms with van der Waals surface area (Å²) in [6.45, 7) is 4.29. The lowest BCUT2D eigenvalue weighted by molar-refractivity contribution is 0.717. The highest BCUT2D eigenvalue weighted by Crippen LogP contribution is 2.19. The van der Waals surface area contributed by atoms with Crippen molar-refractivity contribution >= 4 is 0 Å². The van der Waals surface area contributed by atoms with E-state index in [4.69, 9.17) is 0 Å². The maximum atomic E-state index is 2.27. The molecule has 1 rings (SSSR count). The number of hydrogen-bond acceptors (Lipinski definition) is 0. The summed E-state index contributed by atoms with van der Waals surface area (Å²) in [6, 6.07) is 0. The molecule has 1 aliphatic rings. The zero-order chi connectivity index (χ0) is 10.2. The molecule has 0 spiro atoms. The quantitative estimate of drug-likeness (QED) is 0.560. The molecule has 0 amide bonds. The van der Waals surface area contributed by atoms with Gasteiger partial charge in [0.25, 0.3) is 0 Å². The number of rotatable bonds is 5. The molecule has 0 aromatic rings. The molecule has 0 saturated carbocycles. The lowest BCUT2D eigenvalue weighted by Crippen LogP contribution is -1.90. The first-order valence-electron chi connectivity index (χ1n) is 5.53. The van der Waals surface area contributed by atoms with Crippen molar-refractivity contribution in [2.24, 2.45) is 5.92 Å². The second-order valence-electron chi connectivity index (χ2n) is 3.65. The molecule has 0 unspecified atom stereocenters. The Bertz CT molecular complexity index is 252. The minimum Gasteiger partial charge on any atom is -0.0845 e. The van der Waals surface area contributed by atoms with Crippen molar-refractivity contribution in [3.63, 3.8) is 0 Å². The molecule has 0 bridgehead atoms. The third kappa shape index (κ3) is 3.78. The maximum absolute atomic E-state index is 2.27. The van der Waals surface area contributed by atoms with Crippen LogP contribution < -0.4 is 0 Å². The summed E-state index contributed by atoms with van der Waals surface area (Å²) in [6.07, 6.45) is 19.1. The third-order valence-electron chi connectivity index (χ3n) is 2.53. The Morgan fingerprint density at radius 1 is 1.29 bits per heavy atom. The van der Waals surface area contributed by atoms with E-state index in [2.05, 4.69) is 56.4 Å². The van der Waals surface area contributed by atoms with E-state index in [0.717, 1.165) is 6.42 Å². The molecule has 0 aliphatic heterocycles. The fourth-order valence-electron chi connectivity index (χ4n) is 1.60. The minimum absolute atomic E-state index is 0.667. The van der Waals surface area contributed by atoms with Gasteiger partial charge in [-0.3, -0.25) is 0 Å². The van der Waals surface area contributed by atoms with Gasteiger partial charge < -0.3 is 0 Å². The fourth-order valence-corrected chi connectivity index (χ4v) is 1.60. The van der Waals surface area contributed by atoms with Crippen LogP contribution in [0.15, 0.2) is 48.1 Å². The van der Waals surface area contributed by atoms with E-state index in [9.17, 15) is 0 Å². The molecule has 0 heteroatoms. The Hall–Kier alpha value is -1.04. The van der Waals surface area contributed by atoms with Crippen LogP contribution in [0.3, 0.4) is 0 Å². The van der Waals surface area contributed by atoms with Crippen molar-refractivity contribution < 1.29 is 0 Å². The maximum Gasteiger partial charge on any atom is -0.00441 e. The van der Waals surface area contributed by atoms with Crippen LogP contribution in [0.25, 0.3) is 0 Å². The second kappa shape index (κ2) is 6.42. The topological polar surface area (TPSA) is 0 Å². The van der Waals surface area contributed by atoms with Gasteiger partial charge in [0.2, 0.25) is 0 Å². The van der Waals surface area contributed by atoms with E-state index in [1.807, 2.05) is 0 Å². The molecule has 0 N–H and O–H groups in total. The van der Waals surface area contributed by atoms with Gasteiger partial charge in [-0.25, -0.2) is 0 Å². The van der Waals surface area contributed by atoms with E-state index >= 15 is 0 Å². The molecule has 0 saturated heterocycles. The van der Waals surface area contributed by atoms with E-state index in [-0.39, 0.29) is 0 Å². The standard InChI is InChI=1S/C14H20/c1-3-5-8-13(4-2)11-12-14-9-6-7-10-14/h4-10,14H,3,11-12H2,1-2H3/b8-5-,13-4+. The van der Waals surface area contributed by atoms with Crippen LogP contribution in [0.1, 0.15) is 33.1 Å². The Balaban J connectivity index is 2.31. The Morgan fingerprint density at radius 3 is 2.57 bits per heavy atom. The van der Waals surface area contributed by atoms with Gasteiger partial charge >= 0.3 is 0 Å². The van der Waals surface area contributed by atoms with Gasteiger partial charge in [-0.1, -0.05) is 55.0 Å². The Labute approximate surface area is 87.7 Å². The fraction of sp³-hybridized carbons (Fsp3) is 0.429. The molecule has 0 fully saturated rings. The van der Waals surface area contributed by atoms with Crippen molar-refractivity contribution in [2.45, 2.75) is 33.1 Å². The van der Waals surface area contributed by atoms with Gasteiger partial charge in [0.05, 0.1) is 0 Å². The van der Waals surface area contributed by atoms with Crippen molar-refractivity contribution in [3.8, 4) is 0 Å². The molecule has 0 nitrogen and oxygen atoms in total. The van der Waals surface area contributed by atoms with Gasteiger partial charge in [0.15, 0.2) is 0 Å². The van der Waals surface area contributed by atoms with Gasteiger partial charge in [-0.15, -0.1) is 0 Å². The predicted molar refractivity (Wildman–Crippen MR) is 64.2 cm³/mol. The summed E-state index contributed by atoms with van der Waals surface area (Å²) in [5, 5.41) is 0. The van der Waals surface area contributed by atoms with Crippen LogP contribution in [0.2, 0.25) is 0 Å². The van der Waals surface area contributed by atoms with Crippen LogP contribution in [0.5, 0.6) is 0 Å². The van der Waals surface area contributed by atoms with Crippen molar-refractivity contribution in [1.82, 2.24) is 0 Å². The molecular formula is C14H20. The highest BCUT2D eigenvalue weighted by Gasteiger charge is 2.03. The first-order valence-corrected chi connectivity index (χ1v) is 5.53. The summed E-state index contributed by atoms with van der Waals surface area (Å²) in [4.78, 5) is 0. The highest BCUT2D eigenvalue weighted by molar-refractivity contribution is 5.21. The third-order valence-corrected chi connectivity index (χ3v) is 2.53. The molecule has 0 aromatic heterocycles. The predicted octanol–water partition coefficient (Wildman–Crippen LogP) is 4.42. The smallest absolute Gasteiger partial charge is 0.00441 e. The molecular weight excluding hydrogens is 168 g/mol. The SMILES string of the molecule is C/C=C(\C=C/CC)CCC1C=CC=C1. The van der Waals surface area contributed by atoms with Gasteiger partial charge in [0, 0.05) is 0 Å². The molecule has 14 heavy (non-hydrogen) atoms. The van der Waals surface area contributed by atoms with Crippen LogP contribution in [0, 0.1) is 5.92 Å². The first-order chi connectivity index (χ1) is 6.86. The van der Waals surface area contributed by atoms with E-state index in [0.29, 0.717) is 5.92 Å². The van der Waals surface area contributed by atoms with Crippen molar-refractivity contribution in [2.75, 3.05) is 0 Å². The molecule has 76 valence electrons. The Kier molecular flexibility index (Phi) is 5.06. The van der Waals surface area contributed by atoms with Crippen molar-refractivity contribution in [3.05, 3.63) is 48.1 Å². The lowest BCUT2D eigenvalue weighted by atomic mass is 10.0. The van der Waals surface area contributed by atoms with Crippen molar-refractivity contribution in [1.29, 1.82) is 0 Å². The zero-order valence-electron chi connectivity index (χ0n) is 9.24. The summed E-state index contributed by atoms with van der Waals surface area (Å²) in [7, 11) is 0. The molecule has 1 aliphatic carbocycles. The average Bonchev–Trinajstić information content (AvgIpc) is 2.71. The molecule has 0 aromatic carbocycles. The monoisotopic (exact) mass is 188 g/mol. The van der Waals surface area contributed by atoms with E-state index < -0.39 is 0 Å². The minimum atomic E-state index is 0.667. The van der Waals surface area contributed by atoms with E-state index in [1.165, 1.54) is 18.4 Å². The van der Waals surface area contributed by atoms with Gasteiger partial charge in [-0.05, 0) is 32.1 Å². The normalized spacial score (nSPS) is 17.4. The summed E-state index contributed by atoms with van der Waals surface area (Å²) in [5.74, 6) is 0.667. The second-order valence-corrected chi connectivity index (χ2v) is 3.65. The van der Waals surface area contributed by atoms with Gasteiger partial charge in [-0.2, -0.15) is 0 Å². The van der Waals surface area contributed by atoms with E-state index in [1.54, 1.807) is 0 Å². The zero-order valence-corrected chi connectivity index (χ0v) is 9.24. The van der Waals surface area contributed by atoms with Crippen LogP contribution in [-0.2, 0) is 0 Å². The van der Waals surface area contributed by atoms with Crippen LogP contribution >= 0.6 is 0 Å². The highest BCUT2D eigenvalue weighted by atomic mass is 14.1. The summed E-state index contributed by atoms with van der Waals surface area (Å²) >= 11 is 0. The average molecular weight is 188 g/mol. The number of allylic oxidation sites excluding steroid dienone is 8.